The molecule has 3 nitrogen and oxygen atoms in total. The van der Waals surface area contributed by atoms with Crippen molar-refractivity contribution in [1.29, 1.82) is 0 Å². The molecule has 0 spiro atoms. The van der Waals surface area contributed by atoms with E-state index in [2.05, 4.69) is 45.1 Å². The van der Waals surface area contributed by atoms with Crippen molar-refractivity contribution in [1.82, 2.24) is 5.32 Å². The van der Waals surface area contributed by atoms with E-state index >= 15 is 0 Å². The van der Waals surface area contributed by atoms with Crippen molar-refractivity contribution in [3.05, 3.63) is 23.8 Å². The van der Waals surface area contributed by atoms with Gasteiger partial charge >= 0.3 is 0 Å². The van der Waals surface area contributed by atoms with E-state index in [9.17, 15) is 0 Å². The highest BCUT2D eigenvalue weighted by Crippen LogP contribution is 2.28. The number of ether oxygens (including phenoxy) is 2. The zero-order valence-corrected chi connectivity index (χ0v) is 15.0. The van der Waals surface area contributed by atoms with Gasteiger partial charge in [-0.1, -0.05) is 38.7 Å². The summed E-state index contributed by atoms with van der Waals surface area (Å²) in [5.41, 5.74) is 1.32. The Kier molecular flexibility index (Phi) is 8.32. The van der Waals surface area contributed by atoms with Crippen LogP contribution in [0.25, 0.3) is 0 Å². The van der Waals surface area contributed by atoms with Gasteiger partial charge in [-0.2, -0.15) is 0 Å². The number of unbranched alkanes of at least 4 members (excludes halogenated alkanes) is 4. The molecule has 1 aromatic rings. The van der Waals surface area contributed by atoms with Crippen LogP contribution in [0.2, 0.25) is 0 Å². The minimum absolute atomic E-state index is 0.112. The van der Waals surface area contributed by atoms with Crippen LogP contribution in [0.4, 0.5) is 0 Å². The van der Waals surface area contributed by atoms with Gasteiger partial charge in [-0.15, -0.1) is 0 Å². The van der Waals surface area contributed by atoms with Gasteiger partial charge < -0.3 is 14.8 Å². The van der Waals surface area contributed by atoms with Gasteiger partial charge in [-0.05, 0) is 44.9 Å². The number of hydrogen-bond acceptors (Lipinski definition) is 3. The van der Waals surface area contributed by atoms with Crippen molar-refractivity contribution >= 4 is 0 Å². The third-order valence-electron chi connectivity index (χ3n) is 3.56. The van der Waals surface area contributed by atoms with Crippen LogP contribution >= 0.6 is 0 Å². The molecule has 1 aromatic carbocycles. The molecule has 0 aliphatic heterocycles. The molecule has 1 N–H and O–H groups in total. The van der Waals surface area contributed by atoms with Crippen LogP contribution in [0.3, 0.4) is 0 Å². The molecular formula is C19H33NO2. The van der Waals surface area contributed by atoms with Gasteiger partial charge in [0.2, 0.25) is 0 Å². The molecule has 0 saturated heterocycles. The molecule has 22 heavy (non-hydrogen) atoms. The van der Waals surface area contributed by atoms with E-state index < -0.39 is 0 Å². The molecule has 126 valence electrons. The van der Waals surface area contributed by atoms with Crippen molar-refractivity contribution in [3.8, 4) is 11.5 Å². The van der Waals surface area contributed by atoms with Gasteiger partial charge in [-0.25, -0.2) is 0 Å². The molecule has 0 aliphatic rings. The zero-order chi connectivity index (χ0) is 16.4. The first kappa shape index (κ1) is 18.8. The fourth-order valence-electron chi connectivity index (χ4n) is 2.20. The van der Waals surface area contributed by atoms with Crippen molar-refractivity contribution in [3.63, 3.8) is 0 Å². The first-order valence-electron chi connectivity index (χ1n) is 8.51. The number of benzene rings is 1. The normalized spacial score (nSPS) is 11.5. The fourth-order valence-corrected chi connectivity index (χ4v) is 2.20. The monoisotopic (exact) mass is 307 g/mol. The molecule has 0 aliphatic carbocycles. The lowest BCUT2D eigenvalue weighted by Crippen LogP contribution is -2.35. The number of rotatable bonds is 10. The second-order valence-electron chi connectivity index (χ2n) is 6.85. The molecule has 0 saturated carbocycles. The van der Waals surface area contributed by atoms with Gasteiger partial charge in [0.05, 0.1) is 13.7 Å². The van der Waals surface area contributed by atoms with Crippen LogP contribution in [-0.2, 0) is 6.54 Å². The summed E-state index contributed by atoms with van der Waals surface area (Å²) in [5.74, 6) is 1.67. The average molecular weight is 307 g/mol. The summed E-state index contributed by atoms with van der Waals surface area (Å²) < 4.78 is 11.3. The molecule has 0 atom stereocenters. The smallest absolute Gasteiger partial charge is 0.161 e. The van der Waals surface area contributed by atoms with E-state index in [0.717, 1.165) is 31.1 Å². The van der Waals surface area contributed by atoms with Gasteiger partial charge in [-0.3, -0.25) is 0 Å². The maximum absolute atomic E-state index is 5.86. The molecular weight excluding hydrogens is 274 g/mol. The quantitative estimate of drug-likeness (QED) is 0.622. The summed E-state index contributed by atoms with van der Waals surface area (Å²) in [4.78, 5) is 0. The minimum atomic E-state index is 0.112. The fraction of sp³-hybridized carbons (Fsp3) is 0.684. The van der Waals surface area contributed by atoms with Crippen LogP contribution in [-0.4, -0.2) is 19.3 Å². The van der Waals surface area contributed by atoms with Crippen molar-refractivity contribution in [2.45, 2.75) is 71.9 Å². The predicted octanol–water partition coefficient (Wildman–Crippen LogP) is 4.93. The molecule has 3 heteroatoms. The molecule has 1 rings (SSSR count). The minimum Gasteiger partial charge on any atom is -0.493 e. The zero-order valence-electron chi connectivity index (χ0n) is 15.0. The molecule has 0 radical (unpaired) electrons. The summed E-state index contributed by atoms with van der Waals surface area (Å²) in [7, 11) is 1.70. The Hall–Kier alpha value is -1.22. The predicted molar refractivity (Wildman–Crippen MR) is 93.8 cm³/mol. The second kappa shape index (κ2) is 9.73. The Labute approximate surface area is 136 Å². The van der Waals surface area contributed by atoms with E-state index in [-0.39, 0.29) is 5.54 Å². The Bertz CT molecular complexity index is 424. The van der Waals surface area contributed by atoms with Gasteiger partial charge in [0.25, 0.3) is 0 Å². The van der Waals surface area contributed by atoms with Crippen LogP contribution < -0.4 is 14.8 Å². The first-order valence-corrected chi connectivity index (χ1v) is 8.51. The summed E-state index contributed by atoms with van der Waals surface area (Å²) in [5, 5.41) is 3.48. The van der Waals surface area contributed by atoms with Crippen molar-refractivity contribution < 1.29 is 9.47 Å². The Balaban J connectivity index is 2.47. The SMILES string of the molecule is CCCCCCCOc1ccc(CNC(C)(C)C)cc1OC. The summed E-state index contributed by atoms with van der Waals surface area (Å²) in [6, 6.07) is 6.18. The van der Waals surface area contributed by atoms with E-state index in [1.165, 1.54) is 31.2 Å². The maximum atomic E-state index is 5.86. The third kappa shape index (κ3) is 7.69. The van der Waals surface area contributed by atoms with Crippen LogP contribution in [0.1, 0.15) is 65.4 Å². The van der Waals surface area contributed by atoms with Crippen LogP contribution in [0.5, 0.6) is 11.5 Å². The first-order chi connectivity index (χ1) is 10.5. The maximum Gasteiger partial charge on any atom is 0.161 e. The van der Waals surface area contributed by atoms with Crippen molar-refractivity contribution in [2.24, 2.45) is 0 Å². The van der Waals surface area contributed by atoms with E-state index in [0.29, 0.717) is 0 Å². The largest absolute Gasteiger partial charge is 0.493 e. The summed E-state index contributed by atoms with van der Waals surface area (Å²) >= 11 is 0. The van der Waals surface area contributed by atoms with Gasteiger partial charge in [0, 0.05) is 12.1 Å². The third-order valence-corrected chi connectivity index (χ3v) is 3.56. The average Bonchev–Trinajstić information content (AvgIpc) is 2.48. The highest BCUT2D eigenvalue weighted by atomic mass is 16.5. The lowest BCUT2D eigenvalue weighted by atomic mass is 10.1. The molecule has 0 amide bonds. The lowest BCUT2D eigenvalue weighted by molar-refractivity contribution is 0.284. The number of methoxy groups -OCH3 is 1. The second-order valence-corrected chi connectivity index (χ2v) is 6.85. The Morgan fingerprint density at radius 2 is 1.73 bits per heavy atom. The van der Waals surface area contributed by atoms with Crippen LogP contribution in [0, 0.1) is 0 Å². The summed E-state index contributed by atoms with van der Waals surface area (Å²) in [6.45, 7) is 10.3. The Morgan fingerprint density at radius 1 is 1.00 bits per heavy atom. The Morgan fingerprint density at radius 3 is 2.36 bits per heavy atom. The highest BCUT2D eigenvalue weighted by molar-refractivity contribution is 5.43. The van der Waals surface area contributed by atoms with E-state index in [4.69, 9.17) is 9.47 Å². The number of hydrogen-bond donors (Lipinski definition) is 1. The van der Waals surface area contributed by atoms with Crippen LogP contribution in [0.15, 0.2) is 18.2 Å². The molecule has 0 heterocycles. The van der Waals surface area contributed by atoms with E-state index in [1.54, 1.807) is 7.11 Å². The molecule has 0 unspecified atom stereocenters. The summed E-state index contributed by atoms with van der Waals surface area (Å²) in [6.07, 6.45) is 6.24. The standard InChI is InChI=1S/C19H33NO2/c1-6-7-8-9-10-13-22-17-12-11-16(14-18(17)21-5)15-20-19(2,3)4/h11-12,14,20H,6-10,13,15H2,1-5H3. The molecule has 0 aromatic heterocycles. The topological polar surface area (TPSA) is 30.5 Å². The van der Waals surface area contributed by atoms with Gasteiger partial charge in [0.1, 0.15) is 0 Å². The molecule has 0 fully saturated rings. The van der Waals surface area contributed by atoms with Crippen molar-refractivity contribution in [2.75, 3.05) is 13.7 Å². The molecule has 0 bridgehead atoms. The highest BCUT2D eigenvalue weighted by Gasteiger charge is 2.10. The van der Waals surface area contributed by atoms with Gasteiger partial charge in [0.15, 0.2) is 11.5 Å². The lowest BCUT2D eigenvalue weighted by Gasteiger charge is -2.21. The number of nitrogens with one attached hydrogen (secondary N) is 1. The van der Waals surface area contributed by atoms with E-state index in [1.807, 2.05) is 6.07 Å².